The lowest BCUT2D eigenvalue weighted by Crippen LogP contribution is -2.12. The highest BCUT2D eigenvalue weighted by Crippen LogP contribution is 2.11. The van der Waals surface area contributed by atoms with E-state index in [1.807, 2.05) is 30.3 Å². The van der Waals surface area contributed by atoms with Crippen molar-refractivity contribution >= 4 is 0 Å². The van der Waals surface area contributed by atoms with Crippen LogP contribution in [0.3, 0.4) is 0 Å². The second-order valence-corrected chi connectivity index (χ2v) is 4.42. The average molecular weight is 235 g/mol. The number of benzene rings is 1. The minimum Gasteiger partial charge on any atom is -0.491 e. The Labute approximate surface area is 103 Å². The van der Waals surface area contributed by atoms with Crippen LogP contribution >= 0.6 is 0 Å². The van der Waals surface area contributed by atoms with E-state index in [0.717, 1.165) is 24.8 Å². The van der Waals surface area contributed by atoms with Gasteiger partial charge in [-0.1, -0.05) is 18.2 Å². The molecule has 17 heavy (non-hydrogen) atoms. The van der Waals surface area contributed by atoms with Gasteiger partial charge in [-0.3, -0.25) is 0 Å². The summed E-state index contributed by atoms with van der Waals surface area (Å²) in [4.78, 5) is 0. The number of hydrogen-bond acceptors (Lipinski definition) is 3. The standard InChI is InChI=1S/C14H21NO2/c1-2-4-14(5-3-1)17-11-10-16-9-7-13-6-8-15-12-13/h1-5,13,15H,6-12H2. The maximum atomic E-state index is 5.56. The van der Waals surface area contributed by atoms with Crippen LogP contribution in [0.1, 0.15) is 12.8 Å². The minimum absolute atomic E-state index is 0.632. The molecule has 0 radical (unpaired) electrons. The van der Waals surface area contributed by atoms with Crippen molar-refractivity contribution in [2.75, 3.05) is 32.9 Å². The van der Waals surface area contributed by atoms with Gasteiger partial charge in [-0.15, -0.1) is 0 Å². The maximum absolute atomic E-state index is 5.56. The average Bonchev–Trinajstić information content (AvgIpc) is 2.88. The van der Waals surface area contributed by atoms with Gasteiger partial charge >= 0.3 is 0 Å². The van der Waals surface area contributed by atoms with Gasteiger partial charge in [0.2, 0.25) is 0 Å². The van der Waals surface area contributed by atoms with E-state index >= 15 is 0 Å². The molecule has 0 aromatic heterocycles. The number of para-hydroxylation sites is 1. The topological polar surface area (TPSA) is 30.5 Å². The molecule has 94 valence electrons. The van der Waals surface area contributed by atoms with Gasteiger partial charge in [0, 0.05) is 6.61 Å². The summed E-state index contributed by atoms with van der Waals surface area (Å²) in [7, 11) is 0. The monoisotopic (exact) mass is 235 g/mol. The molecule has 0 aliphatic carbocycles. The van der Waals surface area contributed by atoms with Gasteiger partial charge in [0.15, 0.2) is 0 Å². The molecule has 1 aliphatic heterocycles. The molecule has 0 bridgehead atoms. The molecule has 0 spiro atoms. The van der Waals surface area contributed by atoms with E-state index in [1.54, 1.807) is 0 Å². The van der Waals surface area contributed by atoms with E-state index in [0.29, 0.717) is 13.2 Å². The SMILES string of the molecule is c1ccc(OCCOCCC2CCNC2)cc1. The number of hydrogen-bond donors (Lipinski definition) is 1. The molecule has 1 aromatic carbocycles. The molecule has 1 unspecified atom stereocenters. The first-order valence-electron chi connectivity index (χ1n) is 6.41. The fourth-order valence-electron chi connectivity index (χ4n) is 2.05. The first kappa shape index (κ1) is 12.4. The Morgan fingerprint density at radius 2 is 2.00 bits per heavy atom. The summed E-state index contributed by atoms with van der Waals surface area (Å²) in [6.07, 6.45) is 2.46. The second-order valence-electron chi connectivity index (χ2n) is 4.42. The fraction of sp³-hybridized carbons (Fsp3) is 0.571. The lowest BCUT2D eigenvalue weighted by Gasteiger charge is -2.09. The number of rotatable bonds is 7. The molecule has 1 fully saturated rings. The van der Waals surface area contributed by atoms with Gasteiger partial charge in [-0.05, 0) is 44.0 Å². The largest absolute Gasteiger partial charge is 0.491 e. The lowest BCUT2D eigenvalue weighted by atomic mass is 10.1. The van der Waals surface area contributed by atoms with Crippen molar-refractivity contribution in [3.05, 3.63) is 30.3 Å². The van der Waals surface area contributed by atoms with Crippen molar-refractivity contribution in [1.82, 2.24) is 5.32 Å². The van der Waals surface area contributed by atoms with Gasteiger partial charge in [0.25, 0.3) is 0 Å². The lowest BCUT2D eigenvalue weighted by molar-refractivity contribution is 0.0914. The van der Waals surface area contributed by atoms with E-state index in [2.05, 4.69) is 5.32 Å². The molecule has 1 heterocycles. The van der Waals surface area contributed by atoms with Gasteiger partial charge < -0.3 is 14.8 Å². The Balaban J connectivity index is 1.46. The Kier molecular flexibility index (Phi) is 5.33. The van der Waals surface area contributed by atoms with Crippen LogP contribution in [-0.2, 0) is 4.74 Å². The van der Waals surface area contributed by atoms with Crippen LogP contribution in [0.2, 0.25) is 0 Å². The Morgan fingerprint density at radius 1 is 1.12 bits per heavy atom. The first-order valence-corrected chi connectivity index (χ1v) is 6.41. The molecule has 1 atom stereocenters. The summed E-state index contributed by atoms with van der Waals surface area (Å²) in [5.41, 5.74) is 0. The van der Waals surface area contributed by atoms with Crippen LogP contribution < -0.4 is 10.1 Å². The smallest absolute Gasteiger partial charge is 0.119 e. The molecule has 1 N–H and O–H groups in total. The van der Waals surface area contributed by atoms with Gasteiger partial charge in [-0.25, -0.2) is 0 Å². The molecule has 2 rings (SSSR count). The third-order valence-corrected chi connectivity index (χ3v) is 3.07. The van der Waals surface area contributed by atoms with Gasteiger partial charge in [0.05, 0.1) is 6.61 Å². The summed E-state index contributed by atoms with van der Waals surface area (Å²) in [6.45, 7) is 4.48. The second kappa shape index (κ2) is 7.30. The normalized spacial score (nSPS) is 19.4. The number of nitrogens with one attached hydrogen (secondary N) is 1. The quantitative estimate of drug-likeness (QED) is 0.734. The molecule has 1 saturated heterocycles. The van der Waals surface area contributed by atoms with Crippen LogP contribution in [0.4, 0.5) is 0 Å². The minimum atomic E-state index is 0.632. The molecule has 0 saturated carbocycles. The zero-order valence-electron chi connectivity index (χ0n) is 10.2. The zero-order chi connectivity index (χ0) is 11.8. The third kappa shape index (κ3) is 4.75. The molecule has 1 aromatic rings. The number of ether oxygens (including phenoxy) is 2. The van der Waals surface area contributed by atoms with Crippen LogP contribution in [0.25, 0.3) is 0 Å². The molecule has 1 aliphatic rings. The Bertz CT molecular complexity index is 296. The van der Waals surface area contributed by atoms with Crippen molar-refractivity contribution in [2.24, 2.45) is 5.92 Å². The van der Waals surface area contributed by atoms with Crippen molar-refractivity contribution in [3.8, 4) is 5.75 Å². The molecule has 3 nitrogen and oxygen atoms in total. The highest BCUT2D eigenvalue weighted by molar-refractivity contribution is 5.20. The zero-order valence-corrected chi connectivity index (χ0v) is 10.2. The van der Waals surface area contributed by atoms with Gasteiger partial charge in [-0.2, -0.15) is 0 Å². The fourth-order valence-corrected chi connectivity index (χ4v) is 2.05. The van der Waals surface area contributed by atoms with Gasteiger partial charge in [0.1, 0.15) is 12.4 Å². The Morgan fingerprint density at radius 3 is 2.76 bits per heavy atom. The van der Waals surface area contributed by atoms with E-state index in [1.165, 1.54) is 19.4 Å². The van der Waals surface area contributed by atoms with Crippen LogP contribution in [0.5, 0.6) is 5.75 Å². The van der Waals surface area contributed by atoms with Crippen molar-refractivity contribution in [1.29, 1.82) is 0 Å². The highest BCUT2D eigenvalue weighted by Gasteiger charge is 2.13. The van der Waals surface area contributed by atoms with Crippen LogP contribution in [0.15, 0.2) is 30.3 Å². The summed E-state index contributed by atoms with van der Waals surface area (Å²) in [5, 5.41) is 3.37. The van der Waals surface area contributed by atoms with Crippen molar-refractivity contribution < 1.29 is 9.47 Å². The highest BCUT2D eigenvalue weighted by atomic mass is 16.5. The maximum Gasteiger partial charge on any atom is 0.119 e. The Hall–Kier alpha value is -1.06. The molecular formula is C14H21NO2. The first-order chi connectivity index (χ1) is 8.45. The summed E-state index contributed by atoms with van der Waals surface area (Å²) in [5.74, 6) is 1.72. The van der Waals surface area contributed by atoms with Crippen LogP contribution in [0, 0.1) is 5.92 Å². The van der Waals surface area contributed by atoms with Crippen molar-refractivity contribution in [3.63, 3.8) is 0 Å². The van der Waals surface area contributed by atoms with E-state index in [9.17, 15) is 0 Å². The third-order valence-electron chi connectivity index (χ3n) is 3.07. The summed E-state index contributed by atoms with van der Waals surface area (Å²) >= 11 is 0. The molecular weight excluding hydrogens is 214 g/mol. The summed E-state index contributed by atoms with van der Waals surface area (Å²) in [6, 6.07) is 9.86. The van der Waals surface area contributed by atoms with Crippen molar-refractivity contribution in [2.45, 2.75) is 12.8 Å². The van der Waals surface area contributed by atoms with E-state index in [4.69, 9.17) is 9.47 Å². The molecule has 0 amide bonds. The molecule has 3 heteroatoms. The van der Waals surface area contributed by atoms with E-state index < -0.39 is 0 Å². The van der Waals surface area contributed by atoms with E-state index in [-0.39, 0.29) is 0 Å². The summed E-state index contributed by atoms with van der Waals surface area (Å²) < 4.78 is 11.1. The van der Waals surface area contributed by atoms with Crippen LogP contribution in [-0.4, -0.2) is 32.9 Å². The predicted molar refractivity (Wildman–Crippen MR) is 68.3 cm³/mol. The predicted octanol–water partition coefficient (Wildman–Crippen LogP) is 2.08.